The molecule has 1 aromatic rings. The predicted octanol–water partition coefficient (Wildman–Crippen LogP) is 1.22. The highest BCUT2D eigenvalue weighted by atomic mass is 16.5. The van der Waals surface area contributed by atoms with Crippen molar-refractivity contribution in [2.24, 2.45) is 0 Å². The highest BCUT2D eigenvalue weighted by Crippen LogP contribution is 2.00. The molecule has 0 amide bonds. The summed E-state index contributed by atoms with van der Waals surface area (Å²) in [5.74, 6) is 5.47. The highest BCUT2D eigenvalue weighted by molar-refractivity contribution is 5.87. The van der Waals surface area contributed by atoms with Crippen molar-refractivity contribution in [1.82, 2.24) is 10.3 Å². The molecule has 0 radical (unpaired) electrons. The summed E-state index contributed by atoms with van der Waals surface area (Å²) >= 11 is 0. The molecule has 17 heavy (non-hydrogen) atoms. The van der Waals surface area contributed by atoms with E-state index in [-0.39, 0.29) is 0 Å². The van der Waals surface area contributed by atoms with Gasteiger partial charge in [0.15, 0.2) is 0 Å². The van der Waals surface area contributed by atoms with Gasteiger partial charge in [-0.05, 0) is 32.0 Å². The standard InChI is InChI=1S/C13H16N2O2/c1-3-17-13(16)12-9-6-8-11(15-12)7-4-5-10-14-2/h6,8-9,14H,3,5,10H2,1-2H3. The minimum Gasteiger partial charge on any atom is -0.461 e. The van der Waals surface area contributed by atoms with E-state index in [9.17, 15) is 4.79 Å². The maximum absolute atomic E-state index is 11.4. The molecule has 4 nitrogen and oxygen atoms in total. The van der Waals surface area contributed by atoms with Crippen LogP contribution in [0, 0.1) is 11.8 Å². The smallest absolute Gasteiger partial charge is 0.356 e. The molecule has 0 aliphatic rings. The van der Waals surface area contributed by atoms with Crippen LogP contribution in [-0.4, -0.2) is 31.2 Å². The molecular formula is C13H16N2O2. The van der Waals surface area contributed by atoms with Crippen molar-refractivity contribution in [3.63, 3.8) is 0 Å². The van der Waals surface area contributed by atoms with Gasteiger partial charge in [-0.15, -0.1) is 0 Å². The van der Waals surface area contributed by atoms with Gasteiger partial charge in [0.25, 0.3) is 0 Å². The van der Waals surface area contributed by atoms with E-state index in [1.54, 1.807) is 25.1 Å². The van der Waals surface area contributed by atoms with Crippen LogP contribution < -0.4 is 5.32 Å². The van der Waals surface area contributed by atoms with Gasteiger partial charge in [0, 0.05) is 13.0 Å². The molecule has 0 unspecified atom stereocenters. The molecule has 4 heteroatoms. The molecule has 0 saturated carbocycles. The lowest BCUT2D eigenvalue weighted by Crippen LogP contribution is -2.07. The lowest BCUT2D eigenvalue weighted by molar-refractivity contribution is 0.0519. The molecule has 1 rings (SSSR count). The highest BCUT2D eigenvalue weighted by Gasteiger charge is 2.07. The molecule has 1 heterocycles. The van der Waals surface area contributed by atoms with Crippen LogP contribution >= 0.6 is 0 Å². The third-order valence-corrected chi connectivity index (χ3v) is 1.95. The fraction of sp³-hybridized carbons (Fsp3) is 0.385. The predicted molar refractivity (Wildman–Crippen MR) is 65.6 cm³/mol. The van der Waals surface area contributed by atoms with Crippen LogP contribution in [0.15, 0.2) is 18.2 Å². The van der Waals surface area contributed by atoms with Crippen LogP contribution in [0.5, 0.6) is 0 Å². The van der Waals surface area contributed by atoms with E-state index in [4.69, 9.17) is 4.74 Å². The van der Waals surface area contributed by atoms with Crippen molar-refractivity contribution >= 4 is 5.97 Å². The van der Waals surface area contributed by atoms with E-state index >= 15 is 0 Å². The van der Waals surface area contributed by atoms with E-state index in [0.29, 0.717) is 18.0 Å². The zero-order chi connectivity index (χ0) is 12.5. The first-order chi connectivity index (χ1) is 8.27. The summed E-state index contributed by atoms with van der Waals surface area (Å²) in [5.41, 5.74) is 0.888. The number of aromatic nitrogens is 1. The number of esters is 1. The van der Waals surface area contributed by atoms with E-state index < -0.39 is 5.97 Å². The second-order valence-electron chi connectivity index (χ2n) is 3.28. The second kappa shape index (κ2) is 7.42. The first-order valence-electron chi connectivity index (χ1n) is 5.55. The van der Waals surface area contributed by atoms with E-state index in [1.165, 1.54) is 0 Å². The third-order valence-electron chi connectivity index (χ3n) is 1.95. The largest absolute Gasteiger partial charge is 0.461 e. The molecule has 0 atom stereocenters. The number of nitrogens with zero attached hydrogens (tertiary/aromatic N) is 1. The van der Waals surface area contributed by atoms with Gasteiger partial charge < -0.3 is 10.1 Å². The van der Waals surface area contributed by atoms with Crippen molar-refractivity contribution in [3.8, 4) is 11.8 Å². The lowest BCUT2D eigenvalue weighted by Gasteiger charge is -2.00. The van der Waals surface area contributed by atoms with Crippen LogP contribution in [0.3, 0.4) is 0 Å². The first kappa shape index (κ1) is 13.2. The molecule has 0 spiro atoms. The lowest BCUT2D eigenvalue weighted by atomic mass is 10.3. The molecule has 1 aromatic heterocycles. The Labute approximate surface area is 101 Å². The van der Waals surface area contributed by atoms with E-state index in [1.807, 2.05) is 7.05 Å². The maximum atomic E-state index is 11.4. The summed E-state index contributed by atoms with van der Waals surface area (Å²) in [6.45, 7) is 2.95. The van der Waals surface area contributed by atoms with Crippen molar-refractivity contribution in [1.29, 1.82) is 0 Å². The Bertz CT molecular complexity index is 433. The number of carbonyl (C=O) groups excluding carboxylic acids is 1. The Morgan fingerprint density at radius 3 is 3.06 bits per heavy atom. The summed E-state index contributed by atoms with van der Waals surface area (Å²) in [7, 11) is 1.88. The van der Waals surface area contributed by atoms with Crippen LogP contribution in [0.1, 0.15) is 29.5 Å². The van der Waals surface area contributed by atoms with Gasteiger partial charge in [-0.25, -0.2) is 9.78 Å². The van der Waals surface area contributed by atoms with Gasteiger partial charge in [0.1, 0.15) is 11.4 Å². The fourth-order valence-electron chi connectivity index (χ4n) is 1.16. The van der Waals surface area contributed by atoms with Gasteiger partial charge in [-0.3, -0.25) is 0 Å². The molecule has 90 valence electrons. The molecule has 1 N–H and O–H groups in total. The average molecular weight is 232 g/mol. The number of rotatable bonds is 4. The van der Waals surface area contributed by atoms with Gasteiger partial charge in [0.2, 0.25) is 0 Å². The minimum absolute atomic E-state index is 0.298. The number of ether oxygens (including phenoxy) is 1. The number of hydrogen-bond donors (Lipinski definition) is 1. The fourth-order valence-corrected chi connectivity index (χ4v) is 1.16. The minimum atomic E-state index is -0.411. The Balaban J connectivity index is 2.71. The first-order valence-corrected chi connectivity index (χ1v) is 5.55. The van der Waals surface area contributed by atoms with Crippen molar-refractivity contribution in [3.05, 3.63) is 29.6 Å². The van der Waals surface area contributed by atoms with E-state index in [0.717, 1.165) is 13.0 Å². The van der Waals surface area contributed by atoms with E-state index in [2.05, 4.69) is 22.1 Å². The molecule has 0 aromatic carbocycles. The zero-order valence-electron chi connectivity index (χ0n) is 10.1. The number of nitrogens with one attached hydrogen (secondary N) is 1. The Kier molecular flexibility index (Phi) is 5.76. The van der Waals surface area contributed by atoms with Gasteiger partial charge >= 0.3 is 5.97 Å². The van der Waals surface area contributed by atoms with Gasteiger partial charge in [0.05, 0.1) is 6.61 Å². The third kappa shape index (κ3) is 4.66. The number of pyridine rings is 1. The average Bonchev–Trinajstić information content (AvgIpc) is 2.35. The topological polar surface area (TPSA) is 51.2 Å². The SMILES string of the molecule is CCOC(=O)c1cccc(C#CCCNC)n1. The van der Waals surface area contributed by atoms with Crippen LogP contribution in [0.2, 0.25) is 0 Å². The summed E-state index contributed by atoms with van der Waals surface area (Å²) in [6.07, 6.45) is 0.752. The molecular weight excluding hydrogens is 216 g/mol. The van der Waals surface area contributed by atoms with Crippen molar-refractivity contribution in [2.75, 3.05) is 20.2 Å². The summed E-state index contributed by atoms with van der Waals surface area (Å²) in [4.78, 5) is 15.6. The summed E-state index contributed by atoms with van der Waals surface area (Å²) in [5, 5.41) is 3.00. The normalized spacial score (nSPS) is 9.29. The summed E-state index contributed by atoms with van der Waals surface area (Å²) in [6, 6.07) is 5.15. The molecule has 0 saturated heterocycles. The molecule has 0 aliphatic carbocycles. The molecule has 0 bridgehead atoms. The van der Waals surface area contributed by atoms with Gasteiger partial charge in [-0.1, -0.05) is 12.0 Å². The van der Waals surface area contributed by atoms with Crippen LogP contribution in [-0.2, 0) is 4.74 Å². The summed E-state index contributed by atoms with van der Waals surface area (Å²) < 4.78 is 4.87. The molecule has 0 fully saturated rings. The quantitative estimate of drug-likeness (QED) is 0.482. The van der Waals surface area contributed by atoms with Crippen LogP contribution in [0.4, 0.5) is 0 Å². The molecule has 0 aliphatic heterocycles. The zero-order valence-corrected chi connectivity index (χ0v) is 10.1. The maximum Gasteiger partial charge on any atom is 0.356 e. The van der Waals surface area contributed by atoms with Crippen LogP contribution in [0.25, 0.3) is 0 Å². The Morgan fingerprint density at radius 1 is 1.53 bits per heavy atom. The van der Waals surface area contributed by atoms with Gasteiger partial charge in [-0.2, -0.15) is 0 Å². The number of hydrogen-bond acceptors (Lipinski definition) is 4. The Hall–Kier alpha value is -1.86. The second-order valence-corrected chi connectivity index (χ2v) is 3.28. The van der Waals surface area contributed by atoms with Crippen molar-refractivity contribution in [2.45, 2.75) is 13.3 Å². The number of carbonyl (C=O) groups is 1. The monoisotopic (exact) mass is 232 g/mol. The Morgan fingerprint density at radius 2 is 2.35 bits per heavy atom. The van der Waals surface area contributed by atoms with Crippen molar-refractivity contribution < 1.29 is 9.53 Å².